The van der Waals surface area contributed by atoms with Crippen LogP contribution in [0.1, 0.15) is 96.2 Å². The van der Waals surface area contributed by atoms with E-state index in [0.29, 0.717) is 24.9 Å². The van der Waals surface area contributed by atoms with Gasteiger partial charge in [0.2, 0.25) is 0 Å². The van der Waals surface area contributed by atoms with Crippen molar-refractivity contribution >= 4 is 23.6 Å². The van der Waals surface area contributed by atoms with Gasteiger partial charge in [-0.2, -0.15) is 0 Å². The molecule has 0 N–H and O–H groups in total. The highest BCUT2D eigenvalue weighted by Crippen LogP contribution is 2.28. The minimum Gasteiger partial charge on any atom is -0.461 e. The zero-order valence-electron chi connectivity index (χ0n) is 32.1. The zero-order valence-corrected chi connectivity index (χ0v) is 32.1. The van der Waals surface area contributed by atoms with Crippen LogP contribution in [0.25, 0.3) is 0 Å². The number of esters is 2. The molecule has 0 aliphatic carbocycles. The topological polar surface area (TPSA) is 117 Å². The fourth-order valence-corrected chi connectivity index (χ4v) is 7.16. The van der Waals surface area contributed by atoms with Crippen molar-refractivity contribution in [2.24, 2.45) is 5.41 Å². The maximum Gasteiger partial charge on any atom is 0.306 e. The van der Waals surface area contributed by atoms with E-state index in [1.54, 1.807) is 0 Å². The number of aromatic nitrogens is 4. The van der Waals surface area contributed by atoms with Gasteiger partial charge in [-0.3, -0.25) is 29.4 Å². The van der Waals surface area contributed by atoms with Crippen molar-refractivity contribution in [1.29, 1.82) is 0 Å². The number of carbonyl (C=O) groups excluding carboxylic acids is 2. The molecular weight excluding hydrogens is 656 g/mol. The summed E-state index contributed by atoms with van der Waals surface area (Å²) < 4.78 is 11.2. The Morgan fingerprint density at radius 1 is 0.750 bits per heavy atom. The normalized spacial score (nSPS) is 17.7. The molecule has 5 rings (SSSR count). The number of rotatable bonds is 17. The first-order chi connectivity index (χ1) is 25.1. The Morgan fingerprint density at radius 2 is 1.23 bits per heavy atom. The van der Waals surface area contributed by atoms with Gasteiger partial charge >= 0.3 is 11.9 Å². The zero-order chi connectivity index (χ0) is 37.1. The van der Waals surface area contributed by atoms with E-state index < -0.39 is 0 Å². The number of hydrogen-bond donors (Lipinski definition) is 0. The number of pyridine rings is 2. The summed E-state index contributed by atoms with van der Waals surface area (Å²) in [5.74, 6) is 1.44. The SMILES string of the molecule is CCCC(=O)OCc1cccnc1N1CCC(N(CC)Cc2cnc(CN(CC)C3CCN(c4ncccc4COC(=O)CC(C)(C)C)C3)cn2)C1. The molecule has 3 aromatic heterocycles. The molecule has 3 aromatic rings. The molecule has 2 atom stereocenters. The third-order valence-electron chi connectivity index (χ3n) is 9.90. The molecule has 12 heteroatoms. The maximum atomic E-state index is 12.4. The first kappa shape index (κ1) is 39.1. The lowest BCUT2D eigenvalue weighted by Crippen LogP contribution is -2.38. The molecule has 52 heavy (non-hydrogen) atoms. The van der Waals surface area contributed by atoms with Crippen LogP contribution in [0.15, 0.2) is 49.1 Å². The van der Waals surface area contributed by atoms with Gasteiger partial charge in [-0.25, -0.2) is 9.97 Å². The van der Waals surface area contributed by atoms with Gasteiger partial charge < -0.3 is 19.3 Å². The molecule has 0 spiro atoms. The van der Waals surface area contributed by atoms with E-state index in [4.69, 9.17) is 24.4 Å². The number of likely N-dealkylation sites (N-methyl/N-ethyl adjacent to an activating group) is 2. The summed E-state index contributed by atoms with van der Waals surface area (Å²) in [6.45, 7) is 19.8. The Morgan fingerprint density at radius 3 is 1.65 bits per heavy atom. The summed E-state index contributed by atoms with van der Waals surface area (Å²) >= 11 is 0. The predicted octanol–water partition coefficient (Wildman–Crippen LogP) is 5.79. The van der Waals surface area contributed by atoms with Gasteiger partial charge in [0.25, 0.3) is 0 Å². The molecule has 2 aliphatic rings. The van der Waals surface area contributed by atoms with Gasteiger partial charge in [-0.15, -0.1) is 0 Å². The highest BCUT2D eigenvalue weighted by molar-refractivity contribution is 5.70. The van der Waals surface area contributed by atoms with E-state index in [0.717, 1.165) is 106 Å². The quantitative estimate of drug-likeness (QED) is 0.158. The second-order valence-electron chi connectivity index (χ2n) is 15.2. The number of hydrogen-bond acceptors (Lipinski definition) is 12. The average Bonchev–Trinajstić information content (AvgIpc) is 3.83. The van der Waals surface area contributed by atoms with Crippen molar-refractivity contribution < 1.29 is 19.1 Å². The van der Waals surface area contributed by atoms with Gasteiger partial charge in [0.05, 0.1) is 30.2 Å². The first-order valence-corrected chi connectivity index (χ1v) is 19.0. The van der Waals surface area contributed by atoms with Gasteiger partial charge in [-0.05, 0) is 49.9 Å². The van der Waals surface area contributed by atoms with Crippen molar-refractivity contribution in [3.63, 3.8) is 0 Å². The molecule has 2 aliphatic heterocycles. The highest BCUT2D eigenvalue weighted by atomic mass is 16.5. The molecule has 5 heterocycles. The molecule has 0 saturated carbocycles. The molecule has 2 saturated heterocycles. The lowest BCUT2D eigenvalue weighted by molar-refractivity contribution is -0.147. The Hall–Kier alpha value is -4.16. The summed E-state index contributed by atoms with van der Waals surface area (Å²) in [5, 5.41) is 0. The summed E-state index contributed by atoms with van der Waals surface area (Å²) in [4.78, 5) is 53.0. The lowest BCUT2D eigenvalue weighted by Gasteiger charge is -2.29. The van der Waals surface area contributed by atoms with E-state index in [2.05, 4.69) is 38.4 Å². The maximum absolute atomic E-state index is 12.4. The van der Waals surface area contributed by atoms with Crippen LogP contribution >= 0.6 is 0 Å². The monoisotopic (exact) mass is 714 g/mol. The molecule has 0 radical (unpaired) electrons. The molecule has 0 bridgehead atoms. The summed E-state index contributed by atoms with van der Waals surface area (Å²) in [6.07, 6.45) is 11.1. The van der Waals surface area contributed by atoms with Crippen LogP contribution in [0, 0.1) is 5.41 Å². The summed E-state index contributed by atoms with van der Waals surface area (Å²) in [7, 11) is 0. The van der Waals surface area contributed by atoms with E-state index >= 15 is 0 Å². The molecule has 12 nitrogen and oxygen atoms in total. The van der Waals surface area contributed by atoms with Crippen LogP contribution < -0.4 is 9.80 Å². The molecule has 2 fully saturated rings. The molecule has 2 unspecified atom stereocenters. The second kappa shape index (κ2) is 18.6. The van der Waals surface area contributed by atoms with Gasteiger partial charge in [0.1, 0.15) is 24.8 Å². The van der Waals surface area contributed by atoms with Crippen molar-refractivity contribution in [2.75, 3.05) is 49.1 Å². The van der Waals surface area contributed by atoms with Crippen molar-refractivity contribution in [3.05, 3.63) is 71.6 Å². The minimum atomic E-state index is -0.183. The lowest BCUT2D eigenvalue weighted by atomic mass is 9.92. The second-order valence-corrected chi connectivity index (χ2v) is 15.2. The average molecular weight is 715 g/mol. The number of nitrogens with zero attached hydrogens (tertiary/aromatic N) is 8. The smallest absolute Gasteiger partial charge is 0.306 e. The van der Waals surface area contributed by atoms with Crippen LogP contribution in [-0.2, 0) is 45.4 Å². The Bertz CT molecular complexity index is 1600. The highest BCUT2D eigenvalue weighted by Gasteiger charge is 2.31. The Balaban J connectivity index is 1.13. The van der Waals surface area contributed by atoms with E-state index in [-0.39, 0.29) is 30.6 Å². The van der Waals surface area contributed by atoms with Crippen molar-refractivity contribution in [2.45, 2.75) is 112 Å². The third-order valence-corrected chi connectivity index (χ3v) is 9.90. The number of ether oxygens (including phenoxy) is 2. The van der Waals surface area contributed by atoms with Crippen LogP contribution in [-0.4, -0.2) is 93.0 Å². The van der Waals surface area contributed by atoms with Crippen molar-refractivity contribution in [3.8, 4) is 0 Å². The van der Waals surface area contributed by atoms with Gasteiger partial charge in [-0.1, -0.05) is 53.7 Å². The summed E-state index contributed by atoms with van der Waals surface area (Å²) in [5.41, 5.74) is 3.70. The van der Waals surface area contributed by atoms with Crippen LogP contribution in [0.4, 0.5) is 11.6 Å². The van der Waals surface area contributed by atoms with Crippen LogP contribution in [0.2, 0.25) is 0 Å². The van der Waals surface area contributed by atoms with Gasteiger partial charge in [0, 0.05) is 81.3 Å². The summed E-state index contributed by atoms with van der Waals surface area (Å²) in [6, 6.07) is 8.52. The Labute approximate surface area is 309 Å². The van der Waals surface area contributed by atoms with Crippen LogP contribution in [0.3, 0.4) is 0 Å². The first-order valence-electron chi connectivity index (χ1n) is 19.0. The fourth-order valence-electron chi connectivity index (χ4n) is 7.16. The number of anilines is 2. The predicted molar refractivity (Wildman–Crippen MR) is 202 cm³/mol. The van der Waals surface area contributed by atoms with Gasteiger partial charge in [0.15, 0.2) is 0 Å². The molecular formula is C40H58N8O4. The third kappa shape index (κ3) is 10.9. The minimum absolute atomic E-state index is 0.111. The van der Waals surface area contributed by atoms with E-state index in [1.165, 1.54) is 0 Å². The standard InChI is InChI=1S/C40H58N8O4/c1-7-12-36(49)51-28-30-13-10-17-41-38(30)47-19-15-34(26-47)45(8-2)24-32-22-44-33(23-43-32)25-46(9-3)35-16-20-48(27-35)39-31(14-11-18-42-39)29-52-37(50)21-40(4,5)6/h10-11,13-14,17-18,22-23,34-35H,7-9,12,15-16,19-21,24-29H2,1-6H3. The fraction of sp³-hybridized carbons (Fsp3) is 0.600. The largest absolute Gasteiger partial charge is 0.461 e. The van der Waals surface area contributed by atoms with Crippen molar-refractivity contribution in [1.82, 2.24) is 29.7 Å². The number of carbonyl (C=O) groups is 2. The van der Waals surface area contributed by atoms with E-state index in [1.807, 2.05) is 76.7 Å². The Kier molecular flexibility index (Phi) is 13.9. The molecule has 0 aromatic carbocycles. The van der Waals surface area contributed by atoms with Crippen LogP contribution in [0.5, 0.6) is 0 Å². The molecule has 282 valence electrons. The van der Waals surface area contributed by atoms with E-state index in [9.17, 15) is 9.59 Å². The molecule has 0 amide bonds.